The summed E-state index contributed by atoms with van der Waals surface area (Å²) in [5, 5.41) is 0. The molecule has 2 bridgehead atoms. The number of rotatable bonds is 3. The van der Waals surface area contributed by atoms with Gasteiger partial charge in [-0.3, -0.25) is 4.79 Å². The number of ether oxygens (including phenoxy) is 3. The van der Waals surface area contributed by atoms with E-state index in [-0.39, 0.29) is 29.3 Å². The Kier molecular flexibility index (Phi) is 4.78. The van der Waals surface area contributed by atoms with Crippen LogP contribution in [-0.4, -0.2) is 33.2 Å². The van der Waals surface area contributed by atoms with E-state index in [0.29, 0.717) is 6.42 Å². The second-order valence-corrected chi connectivity index (χ2v) is 7.63. The Labute approximate surface area is 150 Å². The molecule has 0 aliphatic heterocycles. The predicted molar refractivity (Wildman–Crippen MR) is 96.8 cm³/mol. The van der Waals surface area contributed by atoms with E-state index in [1.807, 2.05) is 19.1 Å². The van der Waals surface area contributed by atoms with Crippen LogP contribution in [0.25, 0.3) is 0 Å². The Morgan fingerprint density at radius 2 is 1.72 bits per heavy atom. The van der Waals surface area contributed by atoms with Gasteiger partial charge in [-0.15, -0.1) is 0 Å². The lowest BCUT2D eigenvalue weighted by Gasteiger charge is -2.47. The summed E-state index contributed by atoms with van der Waals surface area (Å²) in [4.78, 5) is 12.7. The van der Waals surface area contributed by atoms with Crippen LogP contribution in [0.15, 0.2) is 29.3 Å². The highest BCUT2D eigenvalue weighted by atomic mass is 16.5. The average Bonchev–Trinajstić information content (AvgIpc) is 2.59. The molecule has 0 spiro atoms. The standard InChI is InChI=1S/C21H28O4/c1-12-16(22)11-13-10-15-14(8-7-9-17(15)23-4)19(24-5)20(25-6)18(12)21(13,2)3/h7-9,13,19-20H,10-11H2,1-6H3/t13-,19-,20-/m1/s1. The minimum atomic E-state index is -0.294. The number of fused-ring (bicyclic) bond motifs is 3. The van der Waals surface area contributed by atoms with Crippen molar-refractivity contribution in [3.05, 3.63) is 40.5 Å². The number of carbonyl (C=O) groups is 1. The smallest absolute Gasteiger partial charge is 0.158 e. The van der Waals surface area contributed by atoms with Crippen LogP contribution in [0, 0.1) is 11.3 Å². The largest absolute Gasteiger partial charge is 0.496 e. The Balaban J connectivity index is 2.31. The SMILES string of the molecule is COc1cccc2c1C[C@@H]1CC(=O)C(C)=C([C@@H](OC)[C@@H]2OC)C1(C)C. The highest BCUT2D eigenvalue weighted by Crippen LogP contribution is 2.52. The van der Waals surface area contributed by atoms with Crippen molar-refractivity contribution in [3.8, 4) is 5.75 Å². The maximum absolute atomic E-state index is 12.7. The van der Waals surface area contributed by atoms with Crippen molar-refractivity contribution < 1.29 is 19.0 Å². The van der Waals surface area contributed by atoms with E-state index in [4.69, 9.17) is 14.2 Å². The van der Waals surface area contributed by atoms with E-state index >= 15 is 0 Å². The van der Waals surface area contributed by atoms with Crippen molar-refractivity contribution in [1.29, 1.82) is 0 Å². The van der Waals surface area contributed by atoms with Gasteiger partial charge in [-0.2, -0.15) is 0 Å². The van der Waals surface area contributed by atoms with Crippen molar-refractivity contribution in [2.45, 2.75) is 45.8 Å². The van der Waals surface area contributed by atoms with E-state index in [2.05, 4.69) is 19.9 Å². The third-order valence-electron chi connectivity index (χ3n) is 6.18. The Bertz CT molecular complexity index is 717. The average molecular weight is 344 g/mol. The van der Waals surface area contributed by atoms with Crippen molar-refractivity contribution in [2.24, 2.45) is 11.3 Å². The van der Waals surface area contributed by atoms with Crippen LogP contribution in [0.5, 0.6) is 5.75 Å². The minimum Gasteiger partial charge on any atom is -0.496 e. The summed E-state index contributed by atoms with van der Waals surface area (Å²) in [6.45, 7) is 6.38. The molecule has 0 amide bonds. The van der Waals surface area contributed by atoms with Gasteiger partial charge in [-0.25, -0.2) is 0 Å². The molecule has 3 rings (SSSR count). The fourth-order valence-corrected chi connectivity index (χ4v) is 4.70. The number of hydrogen-bond acceptors (Lipinski definition) is 4. The zero-order valence-electron chi connectivity index (χ0n) is 16.0. The van der Waals surface area contributed by atoms with Gasteiger partial charge in [-0.1, -0.05) is 26.0 Å². The minimum absolute atomic E-state index is 0.145. The first-order valence-electron chi connectivity index (χ1n) is 8.82. The Morgan fingerprint density at radius 3 is 2.32 bits per heavy atom. The highest BCUT2D eigenvalue weighted by Gasteiger charge is 2.48. The van der Waals surface area contributed by atoms with Gasteiger partial charge in [0.2, 0.25) is 0 Å². The third kappa shape index (κ3) is 2.72. The van der Waals surface area contributed by atoms with Crippen molar-refractivity contribution in [1.82, 2.24) is 0 Å². The molecule has 0 heterocycles. The molecule has 0 saturated carbocycles. The van der Waals surface area contributed by atoms with Crippen LogP contribution in [0.4, 0.5) is 0 Å². The summed E-state index contributed by atoms with van der Waals surface area (Å²) >= 11 is 0. The van der Waals surface area contributed by atoms with Crippen molar-refractivity contribution in [2.75, 3.05) is 21.3 Å². The van der Waals surface area contributed by atoms with E-state index in [0.717, 1.165) is 34.4 Å². The van der Waals surface area contributed by atoms with E-state index in [1.54, 1.807) is 21.3 Å². The second kappa shape index (κ2) is 6.58. The molecule has 3 atom stereocenters. The Hall–Kier alpha value is -1.65. The number of benzene rings is 1. The fraction of sp³-hybridized carbons (Fsp3) is 0.571. The number of methoxy groups -OCH3 is 3. The van der Waals surface area contributed by atoms with E-state index in [9.17, 15) is 4.79 Å². The van der Waals surface area contributed by atoms with E-state index in [1.165, 1.54) is 0 Å². The number of hydrogen-bond donors (Lipinski definition) is 0. The Morgan fingerprint density at radius 1 is 1.04 bits per heavy atom. The molecule has 25 heavy (non-hydrogen) atoms. The van der Waals surface area contributed by atoms with Gasteiger partial charge in [0.15, 0.2) is 5.78 Å². The molecule has 0 fully saturated rings. The summed E-state index contributed by atoms with van der Waals surface area (Å²) in [5.41, 5.74) is 3.99. The fourth-order valence-electron chi connectivity index (χ4n) is 4.70. The molecule has 0 N–H and O–H groups in total. The molecule has 2 aliphatic rings. The van der Waals surface area contributed by atoms with Crippen molar-refractivity contribution >= 4 is 5.78 Å². The maximum atomic E-state index is 12.7. The number of allylic oxidation sites excluding steroid dienone is 1. The molecule has 136 valence electrons. The first-order chi connectivity index (χ1) is 11.9. The van der Waals surface area contributed by atoms with Crippen LogP contribution < -0.4 is 4.74 Å². The highest BCUT2D eigenvalue weighted by molar-refractivity contribution is 5.97. The van der Waals surface area contributed by atoms with Gasteiger partial charge in [-0.05, 0) is 47.5 Å². The van der Waals surface area contributed by atoms with Crippen LogP contribution in [0.1, 0.15) is 44.4 Å². The third-order valence-corrected chi connectivity index (χ3v) is 6.18. The van der Waals surface area contributed by atoms with Crippen LogP contribution in [-0.2, 0) is 20.7 Å². The van der Waals surface area contributed by atoms with Gasteiger partial charge in [0.25, 0.3) is 0 Å². The van der Waals surface area contributed by atoms with Gasteiger partial charge in [0, 0.05) is 26.2 Å². The zero-order valence-corrected chi connectivity index (χ0v) is 16.0. The van der Waals surface area contributed by atoms with Gasteiger partial charge >= 0.3 is 0 Å². The number of Topliss-reactive ketones (excluding diaryl/α,β-unsaturated/α-hetero) is 1. The lowest BCUT2D eigenvalue weighted by Crippen LogP contribution is -2.44. The molecular weight excluding hydrogens is 316 g/mol. The van der Waals surface area contributed by atoms with Gasteiger partial charge in [0.05, 0.1) is 7.11 Å². The summed E-state index contributed by atoms with van der Waals surface area (Å²) in [6, 6.07) is 6.06. The van der Waals surface area contributed by atoms with Gasteiger partial charge < -0.3 is 14.2 Å². The monoisotopic (exact) mass is 344 g/mol. The second-order valence-electron chi connectivity index (χ2n) is 7.63. The molecule has 1 aromatic rings. The summed E-state index contributed by atoms with van der Waals surface area (Å²) in [5.74, 6) is 1.28. The quantitative estimate of drug-likeness (QED) is 0.834. The number of carbonyl (C=O) groups excluding carboxylic acids is 1. The van der Waals surface area contributed by atoms with Crippen LogP contribution >= 0.6 is 0 Å². The molecule has 4 heteroatoms. The molecular formula is C21H28O4. The summed E-state index contributed by atoms with van der Waals surface area (Å²) in [7, 11) is 5.09. The molecule has 2 aliphatic carbocycles. The number of ketones is 1. The molecule has 0 unspecified atom stereocenters. The molecule has 0 aromatic heterocycles. The summed E-state index contributed by atoms with van der Waals surface area (Å²) in [6.07, 6.45) is 0.795. The first kappa shape index (κ1) is 18.2. The lowest BCUT2D eigenvalue weighted by molar-refractivity contribution is -0.119. The summed E-state index contributed by atoms with van der Waals surface area (Å²) < 4.78 is 17.5. The van der Waals surface area contributed by atoms with Gasteiger partial charge in [0.1, 0.15) is 18.0 Å². The molecule has 0 radical (unpaired) electrons. The maximum Gasteiger partial charge on any atom is 0.158 e. The normalized spacial score (nSPS) is 28.2. The first-order valence-corrected chi connectivity index (χ1v) is 8.82. The zero-order chi connectivity index (χ0) is 18.4. The topological polar surface area (TPSA) is 44.8 Å². The lowest BCUT2D eigenvalue weighted by atomic mass is 9.59. The molecule has 0 saturated heterocycles. The van der Waals surface area contributed by atoms with Crippen LogP contribution in [0.3, 0.4) is 0 Å². The molecule has 4 nitrogen and oxygen atoms in total. The van der Waals surface area contributed by atoms with Crippen molar-refractivity contribution in [3.63, 3.8) is 0 Å². The van der Waals surface area contributed by atoms with E-state index < -0.39 is 0 Å². The van der Waals surface area contributed by atoms with Crippen LogP contribution in [0.2, 0.25) is 0 Å². The predicted octanol–water partition coefficient (Wildman–Crippen LogP) is 3.89. The molecule has 1 aromatic carbocycles.